The van der Waals surface area contributed by atoms with E-state index in [9.17, 15) is 4.79 Å². The number of carbonyl (C=O) groups is 1. The number of aromatic nitrogens is 1. The van der Waals surface area contributed by atoms with Gasteiger partial charge in [0.15, 0.2) is 0 Å². The highest BCUT2D eigenvalue weighted by Crippen LogP contribution is 2.22. The summed E-state index contributed by atoms with van der Waals surface area (Å²) in [7, 11) is 2.13. The van der Waals surface area contributed by atoms with E-state index in [0.29, 0.717) is 17.0 Å². The minimum Gasteiger partial charge on any atom is -0.457 e. The summed E-state index contributed by atoms with van der Waals surface area (Å²) in [5, 5.41) is 2.90. The third-order valence-electron chi connectivity index (χ3n) is 4.91. The van der Waals surface area contributed by atoms with Gasteiger partial charge in [0.2, 0.25) is 0 Å². The van der Waals surface area contributed by atoms with E-state index in [-0.39, 0.29) is 5.91 Å². The van der Waals surface area contributed by atoms with E-state index < -0.39 is 0 Å². The highest BCUT2D eigenvalue weighted by molar-refractivity contribution is 6.04. The molecule has 0 spiro atoms. The monoisotopic (exact) mass is 388 g/mol. The number of ether oxygens (including phenoxy) is 1. The Balaban J connectivity index is 1.39. The number of benzene rings is 2. The lowest BCUT2D eigenvalue weighted by Crippen LogP contribution is -2.44. The van der Waals surface area contributed by atoms with Crippen molar-refractivity contribution in [2.45, 2.75) is 0 Å². The molecule has 1 aliphatic heterocycles. The molecule has 1 aromatic heterocycles. The standard InChI is InChI=1S/C23H24N4O2/c1-26-12-14-27(15-13-26)22-11-10-19(17-24-22)25-23(28)18-6-5-9-21(16-18)29-20-7-3-2-4-8-20/h2-11,16-17H,12-15H2,1H3,(H,25,28). The van der Waals surface area contributed by atoms with Crippen LogP contribution in [0.4, 0.5) is 11.5 Å². The summed E-state index contributed by atoms with van der Waals surface area (Å²) in [5.74, 6) is 2.09. The van der Waals surface area contributed by atoms with E-state index in [0.717, 1.165) is 37.7 Å². The van der Waals surface area contributed by atoms with Gasteiger partial charge in [-0.2, -0.15) is 0 Å². The van der Waals surface area contributed by atoms with Crippen molar-refractivity contribution < 1.29 is 9.53 Å². The van der Waals surface area contributed by atoms with Crippen LogP contribution in [0.3, 0.4) is 0 Å². The van der Waals surface area contributed by atoms with Gasteiger partial charge in [-0.25, -0.2) is 4.98 Å². The number of anilines is 2. The first kappa shape index (κ1) is 19.0. The van der Waals surface area contributed by atoms with E-state index >= 15 is 0 Å². The average Bonchev–Trinajstić information content (AvgIpc) is 2.76. The van der Waals surface area contributed by atoms with Crippen LogP contribution in [0.25, 0.3) is 0 Å². The van der Waals surface area contributed by atoms with Gasteiger partial charge in [0.05, 0.1) is 11.9 Å². The zero-order chi connectivity index (χ0) is 20.1. The minimum atomic E-state index is -0.197. The van der Waals surface area contributed by atoms with Crippen molar-refractivity contribution in [3.05, 3.63) is 78.5 Å². The van der Waals surface area contributed by atoms with E-state index in [1.165, 1.54) is 0 Å². The Labute approximate surface area is 170 Å². The van der Waals surface area contributed by atoms with Crippen LogP contribution in [0.1, 0.15) is 10.4 Å². The summed E-state index contributed by atoms with van der Waals surface area (Å²) in [4.78, 5) is 21.7. The zero-order valence-electron chi connectivity index (χ0n) is 16.4. The smallest absolute Gasteiger partial charge is 0.255 e. The SMILES string of the molecule is CN1CCN(c2ccc(NC(=O)c3cccc(Oc4ccccc4)c3)cn2)CC1. The third-order valence-corrected chi connectivity index (χ3v) is 4.91. The number of para-hydroxylation sites is 1. The van der Waals surface area contributed by atoms with Crippen LogP contribution in [0.15, 0.2) is 72.9 Å². The van der Waals surface area contributed by atoms with Crippen LogP contribution in [-0.4, -0.2) is 49.0 Å². The maximum Gasteiger partial charge on any atom is 0.255 e. The number of amides is 1. The lowest BCUT2D eigenvalue weighted by Gasteiger charge is -2.33. The molecule has 6 heteroatoms. The van der Waals surface area contributed by atoms with E-state index in [1.54, 1.807) is 18.3 Å². The second-order valence-electron chi connectivity index (χ2n) is 7.09. The molecule has 6 nitrogen and oxygen atoms in total. The first-order valence-electron chi connectivity index (χ1n) is 9.71. The summed E-state index contributed by atoms with van der Waals surface area (Å²) in [5.41, 5.74) is 1.20. The van der Waals surface area contributed by atoms with Gasteiger partial charge in [0, 0.05) is 31.7 Å². The number of pyridine rings is 1. The first-order valence-corrected chi connectivity index (χ1v) is 9.71. The Morgan fingerprint density at radius 2 is 1.69 bits per heavy atom. The van der Waals surface area contributed by atoms with Gasteiger partial charge in [0.25, 0.3) is 5.91 Å². The molecule has 0 atom stereocenters. The number of hydrogen-bond acceptors (Lipinski definition) is 5. The molecule has 1 fully saturated rings. The largest absolute Gasteiger partial charge is 0.457 e. The van der Waals surface area contributed by atoms with Crippen LogP contribution in [0.5, 0.6) is 11.5 Å². The lowest BCUT2D eigenvalue weighted by atomic mass is 10.2. The number of rotatable bonds is 5. The van der Waals surface area contributed by atoms with Crippen LogP contribution < -0.4 is 15.0 Å². The Kier molecular flexibility index (Phi) is 5.72. The fraction of sp³-hybridized carbons (Fsp3) is 0.217. The van der Waals surface area contributed by atoms with Gasteiger partial charge < -0.3 is 19.9 Å². The second-order valence-corrected chi connectivity index (χ2v) is 7.09. The molecule has 1 aliphatic rings. The van der Waals surface area contributed by atoms with Gasteiger partial charge in [0.1, 0.15) is 17.3 Å². The summed E-state index contributed by atoms with van der Waals surface area (Å²) in [6, 6.07) is 20.5. The topological polar surface area (TPSA) is 57.7 Å². The summed E-state index contributed by atoms with van der Waals surface area (Å²) >= 11 is 0. The van der Waals surface area contributed by atoms with Crippen LogP contribution in [0.2, 0.25) is 0 Å². The number of hydrogen-bond donors (Lipinski definition) is 1. The van der Waals surface area contributed by atoms with Crippen molar-refractivity contribution in [2.75, 3.05) is 43.4 Å². The minimum absolute atomic E-state index is 0.197. The van der Waals surface area contributed by atoms with Crippen molar-refractivity contribution in [1.29, 1.82) is 0 Å². The van der Waals surface area contributed by atoms with Gasteiger partial charge in [-0.3, -0.25) is 4.79 Å². The van der Waals surface area contributed by atoms with E-state index in [4.69, 9.17) is 4.74 Å². The first-order chi connectivity index (χ1) is 14.2. The average molecular weight is 388 g/mol. The summed E-state index contributed by atoms with van der Waals surface area (Å²) in [6.07, 6.45) is 1.70. The molecule has 1 N–H and O–H groups in total. The molecule has 0 aliphatic carbocycles. The normalized spacial score (nSPS) is 14.4. The number of likely N-dealkylation sites (N-methyl/N-ethyl adjacent to an activating group) is 1. The molecule has 0 unspecified atom stereocenters. The molecule has 4 rings (SSSR count). The molecule has 148 valence electrons. The van der Waals surface area contributed by atoms with Crippen LogP contribution in [-0.2, 0) is 0 Å². The summed E-state index contributed by atoms with van der Waals surface area (Å²) in [6.45, 7) is 3.98. The molecule has 2 aromatic carbocycles. The highest BCUT2D eigenvalue weighted by atomic mass is 16.5. The third kappa shape index (κ3) is 4.92. The molecule has 0 radical (unpaired) electrons. The Morgan fingerprint density at radius 1 is 0.931 bits per heavy atom. The van der Waals surface area contributed by atoms with E-state index in [1.807, 2.05) is 54.6 Å². The molecule has 29 heavy (non-hydrogen) atoms. The number of nitrogens with zero attached hydrogens (tertiary/aromatic N) is 3. The molecular weight excluding hydrogens is 364 g/mol. The molecular formula is C23H24N4O2. The lowest BCUT2D eigenvalue weighted by molar-refractivity contribution is 0.102. The molecule has 2 heterocycles. The number of piperazine rings is 1. The summed E-state index contributed by atoms with van der Waals surface area (Å²) < 4.78 is 5.81. The van der Waals surface area contributed by atoms with Crippen molar-refractivity contribution in [3.63, 3.8) is 0 Å². The molecule has 0 saturated carbocycles. The Bertz CT molecular complexity index is 952. The van der Waals surface area contributed by atoms with Gasteiger partial charge >= 0.3 is 0 Å². The number of nitrogens with one attached hydrogen (secondary N) is 1. The Morgan fingerprint density at radius 3 is 2.41 bits per heavy atom. The highest BCUT2D eigenvalue weighted by Gasteiger charge is 2.15. The maximum atomic E-state index is 12.6. The Hall–Kier alpha value is -3.38. The van der Waals surface area contributed by atoms with Gasteiger partial charge in [-0.05, 0) is 49.5 Å². The van der Waals surface area contributed by atoms with Crippen molar-refractivity contribution in [1.82, 2.24) is 9.88 Å². The fourth-order valence-electron chi connectivity index (χ4n) is 3.21. The van der Waals surface area contributed by atoms with Crippen LogP contribution in [0, 0.1) is 0 Å². The van der Waals surface area contributed by atoms with Gasteiger partial charge in [-0.1, -0.05) is 24.3 Å². The molecule has 1 amide bonds. The number of carbonyl (C=O) groups excluding carboxylic acids is 1. The zero-order valence-corrected chi connectivity index (χ0v) is 16.4. The van der Waals surface area contributed by atoms with Crippen molar-refractivity contribution in [2.24, 2.45) is 0 Å². The predicted molar refractivity (Wildman–Crippen MR) is 115 cm³/mol. The van der Waals surface area contributed by atoms with Crippen LogP contribution >= 0.6 is 0 Å². The van der Waals surface area contributed by atoms with Gasteiger partial charge in [-0.15, -0.1) is 0 Å². The molecule has 1 saturated heterocycles. The predicted octanol–water partition coefficient (Wildman–Crippen LogP) is 3.88. The van der Waals surface area contributed by atoms with Crippen molar-refractivity contribution in [3.8, 4) is 11.5 Å². The molecule has 0 bridgehead atoms. The maximum absolute atomic E-state index is 12.6. The fourth-order valence-corrected chi connectivity index (χ4v) is 3.21. The quantitative estimate of drug-likeness (QED) is 0.719. The molecule has 3 aromatic rings. The van der Waals surface area contributed by atoms with Crippen molar-refractivity contribution >= 4 is 17.4 Å². The van der Waals surface area contributed by atoms with E-state index in [2.05, 4.69) is 27.1 Å². The second kappa shape index (κ2) is 8.75.